The molecule has 3 rings (SSSR count). The molecule has 6 heteroatoms. The number of benzene rings is 1. The maximum absolute atomic E-state index is 12.6. The lowest BCUT2D eigenvalue weighted by Gasteiger charge is -2.22. The Bertz CT molecular complexity index is 743. The van der Waals surface area contributed by atoms with Crippen LogP contribution in [0.1, 0.15) is 36.0 Å². The topological polar surface area (TPSA) is 54.5 Å². The number of aromatic nitrogens is 1. The van der Waals surface area contributed by atoms with Gasteiger partial charge >= 0.3 is 0 Å². The van der Waals surface area contributed by atoms with Gasteiger partial charge in [-0.3, -0.25) is 9.78 Å². The standard InChI is InChI=1S/C19H22ClN3O2/c1-25-18-7-6-15(20)11-17(18)22-19(24)14-10-16(13-21-12-14)23-8-4-2-3-5-9-23/h6-7,10-13H,2-5,8-9H2,1H3,(H,22,24). The van der Waals surface area contributed by atoms with Gasteiger partial charge in [-0.25, -0.2) is 0 Å². The second-order valence-corrected chi connectivity index (χ2v) is 6.57. The molecule has 0 unspecified atom stereocenters. The molecule has 1 aliphatic heterocycles. The van der Waals surface area contributed by atoms with Gasteiger partial charge in [-0.15, -0.1) is 0 Å². The van der Waals surface area contributed by atoms with Gasteiger partial charge in [-0.05, 0) is 37.1 Å². The first-order chi connectivity index (χ1) is 12.2. The highest BCUT2D eigenvalue weighted by Gasteiger charge is 2.15. The molecular formula is C19H22ClN3O2. The summed E-state index contributed by atoms with van der Waals surface area (Å²) in [5, 5.41) is 3.39. The van der Waals surface area contributed by atoms with Crippen molar-refractivity contribution in [2.75, 3.05) is 30.4 Å². The van der Waals surface area contributed by atoms with Crippen molar-refractivity contribution in [2.45, 2.75) is 25.7 Å². The van der Waals surface area contributed by atoms with Crippen LogP contribution in [0.2, 0.25) is 5.02 Å². The molecule has 1 aromatic carbocycles. The fourth-order valence-corrected chi connectivity index (χ4v) is 3.20. The molecule has 1 amide bonds. The number of hydrogen-bond acceptors (Lipinski definition) is 4. The lowest BCUT2D eigenvalue weighted by atomic mass is 10.2. The monoisotopic (exact) mass is 359 g/mol. The highest BCUT2D eigenvalue weighted by atomic mass is 35.5. The van der Waals surface area contributed by atoms with Gasteiger partial charge in [0, 0.05) is 24.3 Å². The number of carbonyl (C=O) groups is 1. The van der Waals surface area contributed by atoms with E-state index in [0.29, 0.717) is 22.0 Å². The molecule has 0 atom stereocenters. The summed E-state index contributed by atoms with van der Waals surface area (Å²) in [5.41, 5.74) is 2.05. The minimum atomic E-state index is -0.232. The number of carbonyl (C=O) groups excluding carboxylic acids is 1. The third-order valence-corrected chi connectivity index (χ3v) is 4.60. The lowest BCUT2D eigenvalue weighted by molar-refractivity contribution is 0.102. The molecule has 1 saturated heterocycles. The molecule has 0 aliphatic carbocycles. The summed E-state index contributed by atoms with van der Waals surface area (Å²) in [4.78, 5) is 19.2. The second-order valence-electron chi connectivity index (χ2n) is 6.13. The van der Waals surface area contributed by atoms with Crippen LogP contribution >= 0.6 is 11.6 Å². The first-order valence-corrected chi connectivity index (χ1v) is 8.90. The quantitative estimate of drug-likeness (QED) is 0.880. The van der Waals surface area contributed by atoms with Crippen LogP contribution < -0.4 is 15.0 Å². The van der Waals surface area contributed by atoms with E-state index in [1.807, 2.05) is 12.3 Å². The predicted molar refractivity (Wildman–Crippen MR) is 101 cm³/mol. The minimum Gasteiger partial charge on any atom is -0.495 e. The van der Waals surface area contributed by atoms with Crippen LogP contribution in [0.4, 0.5) is 11.4 Å². The average Bonchev–Trinajstić information content (AvgIpc) is 2.91. The first-order valence-electron chi connectivity index (χ1n) is 8.52. The highest BCUT2D eigenvalue weighted by Crippen LogP contribution is 2.28. The second kappa shape index (κ2) is 8.21. The van der Waals surface area contributed by atoms with Crippen LogP contribution in [-0.4, -0.2) is 31.1 Å². The molecule has 1 fully saturated rings. The predicted octanol–water partition coefficient (Wildman–Crippen LogP) is 4.38. The number of rotatable bonds is 4. The van der Waals surface area contributed by atoms with Crippen molar-refractivity contribution in [3.05, 3.63) is 47.2 Å². The smallest absolute Gasteiger partial charge is 0.257 e. The van der Waals surface area contributed by atoms with E-state index < -0.39 is 0 Å². The average molecular weight is 360 g/mol. The molecule has 132 valence electrons. The summed E-state index contributed by atoms with van der Waals surface area (Å²) >= 11 is 6.02. The van der Waals surface area contributed by atoms with Crippen LogP contribution in [-0.2, 0) is 0 Å². The van der Waals surface area contributed by atoms with Crippen LogP contribution in [0.15, 0.2) is 36.7 Å². The zero-order valence-electron chi connectivity index (χ0n) is 14.3. The Morgan fingerprint density at radius 1 is 1.16 bits per heavy atom. The molecule has 0 spiro atoms. The van der Waals surface area contributed by atoms with Crippen LogP contribution in [0.25, 0.3) is 0 Å². The zero-order valence-corrected chi connectivity index (χ0v) is 15.1. The van der Waals surface area contributed by atoms with E-state index >= 15 is 0 Å². The third-order valence-electron chi connectivity index (χ3n) is 4.37. The molecule has 2 heterocycles. The van der Waals surface area contributed by atoms with E-state index in [-0.39, 0.29) is 5.91 Å². The number of nitrogens with zero attached hydrogens (tertiary/aromatic N) is 2. The maximum Gasteiger partial charge on any atom is 0.257 e. The summed E-state index contributed by atoms with van der Waals surface area (Å²) in [6.45, 7) is 2.02. The van der Waals surface area contributed by atoms with Crippen molar-refractivity contribution in [2.24, 2.45) is 0 Å². The van der Waals surface area contributed by atoms with E-state index in [4.69, 9.17) is 16.3 Å². The van der Waals surface area contributed by atoms with Gasteiger partial charge in [0.1, 0.15) is 5.75 Å². The Labute approximate surface area is 153 Å². The Morgan fingerprint density at radius 3 is 2.64 bits per heavy atom. The molecule has 1 aromatic heterocycles. The molecule has 1 aliphatic rings. The Hall–Kier alpha value is -2.27. The number of halogens is 1. The zero-order chi connectivity index (χ0) is 17.6. The van der Waals surface area contributed by atoms with Crippen molar-refractivity contribution in [3.8, 4) is 5.75 Å². The van der Waals surface area contributed by atoms with Crippen LogP contribution in [0.3, 0.4) is 0 Å². The number of nitrogens with one attached hydrogen (secondary N) is 1. The number of hydrogen-bond donors (Lipinski definition) is 1. The number of ether oxygens (including phenoxy) is 1. The fourth-order valence-electron chi connectivity index (χ4n) is 3.03. The van der Waals surface area contributed by atoms with Crippen LogP contribution in [0, 0.1) is 0 Å². The van der Waals surface area contributed by atoms with Gasteiger partial charge in [-0.2, -0.15) is 0 Å². The van der Waals surface area contributed by atoms with Gasteiger partial charge in [0.2, 0.25) is 0 Å². The van der Waals surface area contributed by atoms with Crippen molar-refractivity contribution >= 4 is 28.9 Å². The number of pyridine rings is 1. The van der Waals surface area contributed by atoms with E-state index in [0.717, 1.165) is 18.8 Å². The maximum atomic E-state index is 12.6. The number of anilines is 2. The Morgan fingerprint density at radius 2 is 1.92 bits per heavy atom. The molecular weight excluding hydrogens is 338 g/mol. The molecule has 0 radical (unpaired) electrons. The van der Waals surface area contributed by atoms with E-state index in [1.54, 1.807) is 31.5 Å². The molecule has 25 heavy (non-hydrogen) atoms. The minimum absolute atomic E-state index is 0.232. The summed E-state index contributed by atoms with van der Waals surface area (Å²) in [6.07, 6.45) is 8.28. The van der Waals surface area contributed by atoms with Crippen LogP contribution in [0.5, 0.6) is 5.75 Å². The normalized spacial score (nSPS) is 14.7. The molecule has 1 N–H and O–H groups in total. The van der Waals surface area contributed by atoms with E-state index in [2.05, 4.69) is 15.2 Å². The van der Waals surface area contributed by atoms with Gasteiger partial charge in [-0.1, -0.05) is 24.4 Å². The Kier molecular flexibility index (Phi) is 5.76. The molecule has 0 saturated carbocycles. The largest absolute Gasteiger partial charge is 0.495 e. The van der Waals surface area contributed by atoms with Crippen molar-refractivity contribution < 1.29 is 9.53 Å². The summed E-state index contributed by atoms with van der Waals surface area (Å²) in [5.74, 6) is 0.333. The van der Waals surface area contributed by atoms with Gasteiger partial charge in [0.25, 0.3) is 5.91 Å². The van der Waals surface area contributed by atoms with Crippen molar-refractivity contribution in [1.82, 2.24) is 4.98 Å². The van der Waals surface area contributed by atoms with Gasteiger partial charge in [0.15, 0.2) is 0 Å². The van der Waals surface area contributed by atoms with Crippen molar-refractivity contribution in [3.63, 3.8) is 0 Å². The first kappa shape index (κ1) is 17.5. The number of amides is 1. The fraction of sp³-hybridized carbons (Fsp3) is 0.368. The molecule has 5 nitrogen and oxygen atoms in total. The third kappa shape index (κ3) is 4.42. The molecule has 2 aromatic rings. The number of methoxy groups -OCH3 is 1. The van der Waals surface area contributed by atoms with Gasteiger partial charge in [0.05, 0.1) is 30.2 Å². The molecule has 0 bridgehead atoms. The summed E-state index contributed by atoms with van der Waals surface area (Å²) in [6, 6.07) is 7.01. The van der Waals surface area contributed by atoms with Crippen molar-refractivity contribution in [1.29, 1.82) is 0 Å². The Balaban J connectivity index is 1.78. The van der Waals surface area contributed by atoms with E-state index in [9.17, 15) is 4.79 Å². The lowest BCUT2D eigenvalue weighted by Crippen LogP contribution is -2.24. The summed E-state index contributed by atoms with van der Waals surface area (Å²) in [7, 11) is 1.56. The van der Waals surface area contributed by atoms with E-state index in [1.165, 1.54) is 25.7 Å². The van der Waals surface area contributed by atoms with Gasteiger partial charge < -0.3 is 15.0 Å². The summed E-state index contributed by atoms with van der Waals surface area (Å²) < 4.78 is 5.27. The highest BCUT2D eigenvalue weighted by molar-refractivity contribution is 6.31. The SMILES string of the molecule is COc1ccc(Cl)cc1NC(=O)c1cncc(N2CCCCCC2)c1.